The van der Waals surface area contributed by atoms with Crippen molar-refractivity contribution in [1.82, 2.24) is 0 Å². The van der Waals surface area contributed by atoms with Gasteiger partial charge in [0.2, 0.25) is 5.91 Å². The number of methoxy groups -OCH3 is 1. The third-order valence-electron chi connectivity index (χ3n) is 2.21. The Labute approximate surface area is 124 Å². The first kappa shape index (κ1) is 18.2. The van der Waals surface area contributed by atoms with Gasteiger partial charge in [-0.25, -0.2) is 4.79 Å². The van der Waals surface area contributed by atoms with Gasteiger partial charge < -0.3 is 20.5 Å². The molecule has 1 atom stereocenters. The van der Waals surface area contributed by atoms with E-state index in [4.69, 9.17) is 10.5 Å². The molecule has 0 radical (unpaired) electrons. The number of anilines is 1. The Morgan fingerprint density at radius 1 is 1.40 bits per heavy atom. The summed E-state index contributed by atoms with van der Waals surface area (Å²) in [6.07, 6.45) is 0.243. The normalized spacial score (nSPS) is 10.9. The van der Waals surface area contributed by atoms with E-state index in [2.05, 4.69) is 10.1 Å². The Hall–Kier alpha value is -1.79. The SMILES string of the molecule is COC(=O)COc1cccc(NC(=O)CC(C)N)c1.Cl. The zero-order valence-corrected chi connectivity index (χ0v) is 12.2. The van der Waals surface area contributed by atoms with Gasteiger partial charge in [-0.3, -0.25) is 4.79 Å². The monoisotopic (exact) mass is 302 g/mol. The lowest BCUT2D eigenvalue weighted by molar-refractivity contribution is -0.142. The van der Waals surface area contributed by atoms with Crippen LogP contribution < -0.4 is 15.8 Å². The maximum atomic E-state index is 11.5. The standard InChI is InChI=1S/C13H18N2O4.ClH/c1-9(14)6-12(16)15-10-4-3-5-11(7-10)19-8-13(17)18-2;/h3-5,7,9H,6,8,14H2,1-2H3,(H,15,16);1H. The van der Waals surface area contributed by atoms with Crippen LogP contribution in [0.5, 0.6) is 5.75 Å². The van der Waals surface area contributed by atoms with Gasteiger partial charge in [0.15, 0.2) is 6.61 Å². The van der Waals surface area contributed by atoms with Crippen molar-refractivity contribution in [3.05, 3.63) is 24.3 Å². The molecule has 6 nitrogen and oxygen atoms in total. The molecule has 0 saturated heterocycles. The van der Waals surface area contributed by atoms with Crippen LogP contribution in [0, 0.1) is 0 Å². The summed E-state index contributed by atoms with van der Waals surface area (Å²) in [5, 5.41) is 2.70. The fourth-order valence-electron chi connectivity index (χ4n) is 1.37. The van der Waals surface area contributed by atoms with Gasteiger partial charge in [0.1, 0.15) is 5.75 Å². The van der Waals surface area contributed by atoms with Crippen LogP contribution in [-0.2, 0) is 14.3 Å². The number of benzene rings is 1. The van der Waals surface area contributed by atoms with Crippen LogP contribution in [0.25, 0.3) is 0 Å². The van der Waals surface area contributed by atoms with Gasteiger partial charge in [0.25, 0.3) is 0 Å². The minimum absolute atomic E-state index is 0. The fourth-order valence-corrected chi connectivity index (χ4v) is 1.37. The topological polar surface area (TPSA) is 90.6 Å². The molecule has 7 heteroatoms. The van der Waals surface area contributed by atoms with Gasteiger partial charge in [-0.05, 0) is 19.1 Å². The molecular weight excluding hydrogens is 284 g/mol. The summed E-state index contributed by atoms with van der Waals surface area (Å²) in [6, 6.07) is 6.56. The van der Waals surface area contributed by atoms with E-state index in [0.717, 1.165) is 0 Å². The number of nitrogens with one attached hydrogen (secondary N) is 1. The van der Waals surface area contributed by atoms with Gasteiger partial charge in [0, 0.05) is 24.2 Å². The van der Waals surface area contributed by atoms with Crippen molar-refractivity contribution in [3.8, 4) is 5.75 Å². The van der Waals surface area contributed by atoms with Crippen LogP contribution in [0.1, 0.15) is 13.3 Å². The van der Waals surface area contributed by atoms with E-state index < -0.39 is 5.97 Å². The molecule has 0 fully saturated rings. The highest BCUT2D eigenvalue weighted by atomic mass is 35.5. The lowest BCUT2D eigenvalue weighted by Gasteiger charge is -2.09. The van der Waals surface area contributed by atoms with Crippen molar-refractivity contribution in [2.75, 3.05) is 19.0 Å². The first-order valence-corrected chi connectivity index (χ1v) is 5.86. The van der Waals surface area contributed by atoms with Gasteiger partial charge in [-0.15, -0.1) is 12.4 Å². The molecule has 1 unspecified atom stereocenters. The maximum absolute atomic E-state index is 11.5. The van der Waals surface area contributed by atoms with E-state index in [1.54, 1.807) is 31.2 Å². The van der Waals surface area contributed by atoms with E-state index in [9.17, 15) is 9.59 Å². The summed E-state index contributed by atoms with van der Waals surface area (Å²) in [5.41, 5.74) is 6.13. The summed E-state index contributed by atoms with van der Waals surface area (Å²) >= 11 is 0. The average molecular weight is 303 g/mol. The van der Waals surface area contributed by atoms with Crippen molar-refractivity contribution < 1.29 is 19.1 Å². The third kappa shape index (κ3) is 6.96. The lowest BCUT2D eigenvalue weighted by Crippen LogP contribution is -2.24. The quantitative estimate of drug-likeness (QED) is 0.774. The predicted octanol–water partition coefficient (Wildman–Crippen LogP) is 1.34. The zero-order valence-electron chi connectivity index (χ0n) is 11.4. The zero-order chi connectivity index (χ0) is 14.3. The number of halogens is 1. The van der Waals surface area contributed by atoms with Crippen molar-refractivity contribution in [2.24, 2.45) is 5.73 Å². The Balaban J connectivity index is 0.00000361. The van der Waals surface area contributed by atoms with Gasteiger partial charge in [-0.1, -0.05) is 6.07 Å². The second-order valence-electron chi connectivity index (χ2n) is 4.12. The first-order valence-electron chi connectivity index (χ1n) is 5.86. The molecule has 0 spiro atoms. The Bertz CT molecular complexity index is 452. The van der Waals surface area contributed by atoms with Gasteiger partial charge in [0.05, 0.1) is 7.11 Å². The van der Waals surface area contributed by atoms with Crippen molar-refractivity contribution in [3.63, 3.8) is 0 Å². The second-order valence-corrected chi connectivity index (χ2v) is 4.12. The number of hydrogen-bond donors (Lipinski definition) is 2. The lowest BCUT2D eigenvalue weighted by atomic mass is 10.2. The molecule has 112 valence electrons. The third-order valence-corrected chi connectivity index (χ3v) is 2.21. The van der Waals surface area contributed by atoms with Gasteiger partial charge >= 0.3 is 5.97 Å². The second kappa shape index (κ2) is 9.17. The smallest absolute Gasteiger partial charge is 0.343 e. The summed E-state index contributed by atoms with van der Waals surface area (Å²) in [5.74, 6) is -0.157. The molecular formula is C13H19ClN2O4. The number of nitrogens with two attached hydrogens (primary N) is 1. The number of carbonyl (C=O) groups excluding carboxylic acids is 2. The molecule has 0 heterocycles. The average Bonchev–Trinajstić information content (AvgIpc) is 2.35. The maximum Gasteiger partial charge on any atom is 0.343 e. The van der Waals surface area contributed by atoms with Crippen LogP contribution in [0.15, 0.2) is 24.3 Å². The van der Waals surface area contributed by atoms with Crippen LogP contribution in [0.2, 0.25) is 0 Å². The van der Waals surface area contributed by atoms with Crippen molar-refractivity contribution in [1.29, 1.82) is 0 Å². The highest BCUT2D eigenvalue weighted by molar-refractivity contribution is 5.91. The Morgan fingerprint density at radius 3 is 2.70 bits per heavy atom. The Morgan fingerprint density at radius 2 is 2.10 bits per heavy atom. The minimum Gasteiger partial charge on any atom is -0.482 e. The minimum atomic E-state index is -0.466. The molecule has 3 N–H and O–H groups in total. The van der Waals surface area contributed by atoms with Crippen LogP contribution >= 0.6 is 12.4 Å². The fraction of sp³-hybridized carbons (Fsp3) is 0.385. The van der Waals surface area contributed by atoms with Crippen LogP contribution in [-0.4, -0.2) is 31.6 Å². The molecule has 0 aliphatic heterocycles. The molecule has 1 rings (SSSR count). The van der Waals surface area contributed by atoms with Crippen LogP contribution in [0.4, 0.5) is 5.69 Å². The van der Waals surface area contributed by atoms with E-state index in [-0.39, 0.29) is 37.4 Å². The van der Waals surface area contributed by atoms with E-state index >= 15 is 0 Å². The van der Waals surface area contributed by atoms with E-state index in [1.165, 1.54) is 7.11 Å². The summed E-state index contributed by atoms with van der Waals surface area (Å²) < 4.78 is 9.67. The molecule has 0 aromatic heterocycles. The molecule has 1 amide bonds. The number of hydrogen-bond acceptors (Lipinski definition) is 5. The van der Waals surface area contributed by atoms with E-state index in [1.807, 2.05) is 0 Å². The van der Waals surface area contributed by atoms with Crippen molar-refractivity contribution >= 4 is 30.0 Å². The van der Waals surface area contributed by atoms with Gasteiger partial charge in [-0.2, -0.15) is 0 Å². The highest BCUT2D eigenvalue weighted by Gasteiger charge is 2.07. The van der Waals surface area contributed by atoms with Crippen molar-refractivity contribution in [2.45, 2.75) is 19.4 Å². The predicted molar refractivity (Wildman–Crippen MR) is 78.1 cm³/mol. The molecule has 1 aromatic rings. The largest absolute Gasteiger partial charge is 0.482 e. The molecule has 0 saturated carbocycles. The number of carbonyl (C=O) groups is 2. The molecule has 0 aliphatic carbocycles. The summed E-state index contributed by atoms with van der Waals surface area (Å²) in [7, 11) is 1.29. The molecule has 1 aromatic carbocycles. The highest BCUT2D eigenvalue weighted by Crippen LogP contribution is 2.17. The van der Waals surface area contributed by atoms with E-state index in [0.29, 0.717) is 11.4 Å². The molecule has 0 bridgehead atoms. The van der Waals surface area contributed by atoms with Crippen LogP contribution in [0.3, 0.4) is 0 Å². The number of esters is 1. The number of amides is 1. The molecule has 0 aliphatic rings. The summed E-state index contributed by atoms with van der Waals surface area (Å²) in [4.78, 5) is 22.5. The number of ether oxygens (including phenoxy) is 2. The summed E-state index contributed by atoms with van der Waals surface area (Å²) in [6.45, 7) is 1.59. The number of rotatable bonds is 6. The first-order chi connectivity index (χ1) is 9.01. The molecule has 20 heavy (non-hydrogen) atoms. The Kier molecular flexibility index (Phi) is 8.35.